The summed E-state index contributed by atoms with van der Waals surface area (Å²) < 4.78 is 7.43. The molecule has 1 aromatic heterocycles. The van der Waals surface area contributed by atoms with E-state index in [4.69, 9.17) is 4.74 Å². The van der Waals surface area contributed by atoms with Crippen LogP contribution in [0, 0.1) is 6.92 Å². The summed E-state index contributed by atoms with van der Waals surface area (Å²) in [5.41, 5.74) is 2.10. The summed E-state index contributed by atoms with van der Waals surface area (Å²) in [6, 6.07) is 8.31. The first-order chi connectivity index (χ1) is 13.1. The fraction of sp³-hybridized carbons (Fsp3) is 0.500. The molecule has 1 aliphatic heterocycles. The van der Waals surface area contributed by atoms with Gasteiger partial charge in [-0.15, -0.1) is 0 Å². The van der Waals surface area contributed by atoms with Gasteiger partial charge in [-0.3, -0.25) is 4.90 Å². The van der Waals surface area contributed by atoms with E-state index in [9.17, 15) is 4.79 Å². The van der Waals surface area contributed by atoms with E-state index in [1.54, 1.807) is 11.1 Å². The zero-order valence-electron chi connectivity index (χ0n) is 16.4. The van der Waals surface area contributed by atoms with Crippen molar-refractivity contribution < 1.29 is 9.53 Å². The lowest BCUT2D eigenvalue weighted by atomic mass is 10.1. The minimum absolute atomic E-state index is 0.0627. The number of nitrogens with one attached hydrogen (secondary N) is 1. The van der Waals surface area contributed by atoms with Crippen molar-refractivity contribution in [2.24, 2.45) is 0 Å². The monoisotopic (exact) mass is 371 g/mol. The van der Waals surface area contributed by atoms with Crippen molar-refractivity contribution in [3.8, 4) is 5.69 Å². The van der Waals surface area contributed by atoms with Crippen LogP contribution < -0.4 is 5.32 Å². The molecule has 0 radical (unpaired) electrons. The number of carbonyl (C=O) groups is 1. The first kappa shape index (κ1) is 19.4. The van der Waals surface area contributed by atoms with E-state index in [2.05, 4.69) is 22.1 Å². The zero-order chi connectivity index (χ0) is 19.2. The highest BCUT2D eigenvalue weighted by atomic mass is 16.5. The largest absolute Gasteiger partial charge is 0.379 e. The smallest absolute Gasteiger partial charge is 0.317 e. The third-order valence-corrected chi connectivity index (χ3v) is 5.06. The molecule has 1 saturated heterocycles. The van der Waals surface area contributed by atoms with Crippen LogP contribution in [0.4, 0.5) is 4.79 Å². The lowest BCUT2D eigenvalue weighted by molar-refractivity contribution is 0.0161. The molecule has 0 spiro atoms. The van der Waals surface area contributed by atoms with Gasteiger partial charge >= 0.3 is 6.03 Å². The molecule has 1 atom stereocenters. The Bertz CT molecular complexity index is 754. The number of aryl methyl sites for hydroxylation is 1. The normalized spacial score (nSPS) is 16.1. The van der Waals surface area contributed by atoms with Crippen molar-refractivity contribution in [1.82, 2.24) is 24.7 Å². The number of para-hydroxylation sites is 1. The number of benzene rings is 1. The Morgan fingerprint density at radius 1 is 1.33 bits per heavy atom. The van der Waals surface area contributed by atoms with E-state index < -0.39 is 0 Å². The Morgan fingerprint density at radius 3 is 2.78 bits per heavy atom. The number of ether oxygens (including phenoxy) is 1. The number of carbonyl (C=O) groups excluding carboxylic acids is 1. The molecule has 1 N–H and O–H groups in total. The molecule has 27 heavy (non-hydrogen) atoms. The highest BCUT2D eigenvalue weighted by Gasteiger charge is 2.20. The second-order valence-electron chi connectivity index (χ2n) is 7.01. The van der Waals surface area contributed by atoms with Crippen LogP contribution in [0.1, 0.15) is 18.3 Å². The highest BCUT2D eigenvalue weighted by molar-refractivity contribution is 5.74. The van der Waals surface area contributed by atoms with Gasteiger partial charge < -0.3 is 19.5 Å². The Kier molecular flexibility index (Phi) is 6.47. The SMILES string of the molecule is Cc1nccn1-c1ccccc1CNC(=O)N(C)C[C@@H](C)N1CCOCC1. The summed E-state index contributed by atoms with van der Waals surface area (Å²) in [5.74, 6) is 0.922. The number of imidazole rings is 1. The fourth-order valence-corrected chi connectivity index (χ4v) is 3.45. The summed E-state index contributed by atoms with van der Waals surface area (Å²) in [6.45, 7) is 8.68. The van der Waals surface area contributed by atoms with Crippen LogP contribution in [-0.4, -0.2) is 71.3 Å². The third kappa shape index (κ3) is 4.87. The Labute approximate surface area is 160 Å². The number of aromatic nitrogens is 2. The van der Waals surface area contributed by atoms with Crippen LogP contribution in [0.5, 0.6) is 0 Å². The Hall–Kier alpha value is -2.38. The van der Waals surface area contributed by atoms with Crippen molar-refractivity contribution >= 4 is 6.03 Å². The number of rotatable bonds is 6. The van der Waals surface area contributed by atoms with Gasteiger partial charge in [0.25, 0.3) is 0 Å². The fourth-order valence-electron chi connectivity index (χ4n) is 3.45. The molecule has 3 rings (SSSR count). The summed E-state index contributed by atoms with van der Waals surface area (Å²) in [4.78, 5) is 21.0. The average molecular weight is 371 g/mol. The van der Waals surface area contributed by atoms with Crippen LogP contribution in [0.25, 0.3) is 5.69 Å². The second kappa shape index (κ2) is 9.01. The lowest BCUT2D eigenvalue weighted by Crippen LogP contribution is -2.49. The van der Waals surface area contributed by atoms with Gasteiger partial charge in [0, 0.05) is 51.7 Å². The summed E-state index contributed by atoms with van der Waals surface area (Å²) in [6.07, 6.45) is 3.72. The van der Waals surface area contributed by atoms with E-state index in [1.807, 2.05) is 49.0 Å². The molecule has 0 unspecified atom stereocenters. The van der Waals surface area contributed by atoms with Gasteiger partial charge in [0.1, 0.15) is 5.82 Å². The van der Waals surface area contributed by atoms with Gasteiger partial charge in [-0.2, -0.15) is 0 Å². The molecule has 1 fully saturated rings. The molecule has 2 aromatic rings. The second-order valence-corrected chi connectivity index (χ2v) is 7.01. The van der Waals surface area contributed by atoms with Crippen molar-refractivity contribution in [1.29, 1.82) is 0 Å². The molecular weight excluding hydrogens is 342 g/mol. The van der Waals surface area contributed by atoms with Gasteiger partial charge in [0.2, 0.25) is 0 Å². The molecule has 146 valence electrons. The lowest BCUT2D eigenvalue weighted by Gasteiger charge is -2.34. The number of likely N-dealkylation sites (N-methyl/N-ethyl adjacent to an activating group) is 1. The van der Waals surface area contributed by atoms with Gasteiger partial charge in [0.05, 0.1) is 18.9 Å². The van der Waals surface area contributed by atoms with E-state index in [0.29, 0.717) is 19.1 Å². The molecular formula is C20H29N5O2. The Balaban J connectivity index is 1.57. The van der Waals surface area contributed by atoms with Gasteiger partial charge in [-0.05, 0) is 25.5 Å². The van der Waals surface area contributed by atoms with Crippen LogP contribution >= 0.6 is 0 Å². The van der Waals surface area contributed by atoms with Crippen molar-refractivity contribution in [3.05, 3.63) is 48.0 Å². The van der Waals surface area contributed by atoms with Crippen molar-refractivity contribution in [2.75, 3.05) is 39.9 Å². The average Bonchev–Trinajstić information content (AvgIpc) is 3.12. The van der Waals surface area contributed by atoms with Crippen LogP contribution in [0.2, 0.25) is 0 Å². The predicted molar refractivity (Wildman–Crippen MR) is 105 cm³/mol. The van der Waals surface area contributed by atoms with Crippen LogP contribution in [0.15, 0.2) is 36.7 Å². The first-order valence-electron chi connectivity index (χ1n) is 9.45. The number of nitrogens with zero attached hydrogens (tertiary/aromatic N) is 4. The maximum absolute atomic E-state index is 12.6. The molecule has 0 aliphatic carbocycles. The van der Waals surface area contributed by atoms with E-state index >= 15 is 0 Å². The van der Waals surface area contributed by atoms with Crippen molar-refractivity contribution in [3.63, 3.8) is 0 Å². The molecule has 0 bridgehead atoms. The predicted octanol–water partition coefficient (Wildman–Crippen LogP) is 2.04. The van der Waals surface area contributed by atoms with E-state index in [1.165, 1.54) is 0 Å². The molecule has 2 amide bonds. The molecule has 1 aromatic carbocycles. The van der Waals surface area contributed by atoms with Crippen LogP contribution in [0.3, 0.4) is 0 Å². The highest BCUT2D eigenvalue weighted by Crippen LogP contribution is 2.16. The number of amides is 2. The van der Waals surface area contributed by atoms with Gasteiger partial charge in [-0.25, -0.2) is 9.78 Å². The number of hydrogen-bond donors (Lipinski definition) is 1. The van der Waals surface area contributed by atoms with E-state index in [-0.39, 0.29) is 6.03 Å². The van der Waals surface area contributed by atoms with Crippen LogP contribution in [-0.2, 0) is 11.3 Å². The maximum atomic E-state index is 12.6. The molecule has 7 nitrogen and oxygen atoms in total. The first-order valence-corrected chi connectivity index (χ1v) is 9.45. The minimum atomic E-state index is -0.0627. The van der Waals surface area contributed by atoms with Gasteiger partial charge in [0.15, 0.2) is 0 Å². The molecule has 0 saturated carbocycles. The Morgan fingerprint density at radius 2 is 2.07 bits per heavy atom. The summed E-state index contributed by atoms with van der Waals surface area (Å²) in [5, 5.41) is 3.04. The minimum Gasteiger partial charge on any atom is -0.379 e. The third-order valence-electron chi connectivity index (χ3n) is 5.06. The topological polar surface area (TPSA) is 62.6 Å². The van der Waals surface area contributed by atoms with Gasteiger partial charge in [-0.1, -0.05) is 18.2 Å². The number of morpholine rings is 1. The van der Waals surface area contributed by atoms with E-state index in [0.717, 1.165) is 43.4 Å². The summed E-state index contributed by atoms with van der Waals surface area (Å²) in [7, 11) is 1.85. The summed E-state index contributed by atoms with van der Waals surface area (Å²) >= 11 is 0. The quantitative estimate of drug-likeness (QED) is 0.844. The maximum Gasteiger partial charge on any atom is 0.317 e. The zero-order valence-corrected chi connectivity index (χ0v) is 16.4. The molecule has 7 heteroatoms. The standard InChI is InChI=1S/C20H29N5O2/c1-16(24-10-12-27-13-11-24)15-23(3)20(26)22-14-18-6-4-5-7-19(18)25-9-8-21-17(25)2/h4-9,16H,10-15H2,1-3H3,(H,22,26)/t16-/m1/s1. The molecule has 1 aliphatic rings. The number of urea groups is 1. The number of hydrogen-bond acceptors (Lipinski definition) is 4. The molecule has 2 heterocycles. The van der Waals surface area contributed by atoms with Crippen molar-refractivity contribution in [2.45, 2.75) is 26.4 Å².